The second-order valence-corrected chi connectivity index (χ2v) is 9.13. The lowest BCUT2D eigenvalue weighted by Gasteiger charge is -2.28. The van der Waals surface area contributed by atoms with Crippen molar-refractivity contribution in [3.8, 4) is 5.69 Å². The number of aryl methyl sites for hydroxylation is 1. The molecule has 1 N–H and O–H groups in total. The van der Waals surface area contributed by atoms with E-state index in [0.29, 0.717) is 21.7 Å². The molecule has 1 aliphatic rings. The van der Waals surface area contributed by atoms with Crippen LogP contribution in [0.15, 0.2) is 48.7 Å². The van der Waals surface area contributed by atoms with Crippen molar-refractivity contribution in [2.24, 2.45) is 0 Å². The quantitative estimate of drug-likeness (QED) is 0.363. The zero-order valence-corrected chi connectivity index (χ0v) is 20.8. The molecule has 0 aliphatic carbocycles. The van der Waals surface area contributed by atoms with Gasteiger partial charge < -0.3 is 19.5 Å². The van der Waals surface area contributed by atoms with Crippen molar-refractivity contribution in [1.82, 2.24) is 19.8 Å². The number of aromatic nitrogens is 2. The van der Waals surface area contributed by atoms with Crippen LogP contribution in [0.1, 0.15) is 41.1 Å². The fraction of sp³-hybridized carbons (Fsp3) is 0.292. The Morgan fingerprint density at radius 2 is 2.00 bits per heavy atom. The Hall–Kier alpha value is -2.61. The van der Waals surface area contributed by atoms with E-state index in [4.69, 9.17) is 40.2 Å². The molecule has 2 atom stereocenters. The molecule has 0 spiro atoms. The number of thiocarbonyl (C=S) groups is 1. The number of benzene rings is 1. The molecule has 3 aromatic rings. The van der Waals surface area contributed by atoms with E-state index in [1.54, 1.807) is 12.3 Å². The Morgan fingerprint density at radius 3 is 2.67 bits per heavy atom. The van der Waals surface area contributed by atoms with Gasteiger partial charge in [-0.05, 0) is 68.0 Å². The molecule has 33 heavy (non-hydrogen) atoms. The Kier molecular flexibility index (Phi) is 6.93. The first-order valence-corrected chi connectivity index (χ1v) is 11.7. The van der Waals surface area contributed by atoms with E-state index < -0.39 is 0 Å². The highest BCUT2D eigenvalue weighted by Crippen LogP contribution is 2.42. The van der Waals surface area contributed by atoms with Crippen molar-refractivity contribution in [1.29, 1.82) is 0 Å². The normalized spacial score (nSPS) is 17.8. The summed E-state index contributed by atoms with van der Waals surface area (Å²) >= 11 is 18.3. The van der Waals surface area contributed by atoms with Crippen LogP contribution in [0.3, 0.4) is 0 Å². The highest BCUT2D eigenvalue weighted by molar-refractivity contribution is 7.80. The molecule has 1 saturated heterocycles. The maximum Gasteiger partial charge on any atom is 0.307 e. The van der Waals surface area contributed by atoms with E-state index in [9.17, 15) is 4.79 Å². The van der Waals surface area contributed by atoms with Gasteiger partial charge in [0.15, 0.2) is 5.11 Å². The van der Waals surface area contributed by atoms with Crippen LogP contribution in [0.2, 0.25) is 10.0 Å². The molecule has 1 aliphatic heterocycles. The number of hydrogen-bond acceptors (Lipinski definition) is 4. The number of ether oxygens (including phenoxy) is 1. The van der Waals surface area contributed by atoms with E-state index in [1.807, 2.05) is 42.2 Å². The topological polar surface area (TPSA) is 59.4 Å². The van der Waals surface area contributed by atoms with Gasteiger partial charge in [-0.15, -0.1) is 0 Å². The van der Waals surface area contributed by atoms with Gasteiger partial charge in [-0.3, -0.25) is 9.78 Å². The highest BCUT2D eigenvalue weighted by atomic mass is 35.5. The molecular weight excluding hydrogens is 479 g/mol. The zero-order valence-electron chi connectivity index (χ0n) is 18.5. The summed E-state index contributed by atoms with van der Waals surface area (Å²) < 4.78 is 6.97. The highest BCUT2D eigenvalue weighted by Gasteiger charge is 2.41. The second-order valence-electron chi connectivity index (χ2n) is 7.90. The molecule has 0 radical (unpaired) electrons. The van der Waals surface area contributed by atoms with Crippen molar-refractivity contribution in [3.63, 3.8) is 0 Å². The molecular formula is C24H24Cl2N4O2S. The standard InChI is InChI=1S/C24H24Cl2N4O2S/c1-14-12-17(15(2)30(14)20-8-7-16(25)13-18(20)26)23-22(19-6-4-5-10-27-19)28-24(33)29(23)11-9-21(31)32-3/h4-8,10,12-13,22-23H,9,11H2,1-3H3,(H,28,33)/t22-,23-/m1/s1. The first-order valence-electron chi connectivity index (χ1n) is 10.5. The summed E-state index contributed by atoms with van der Waals surface area (Å²) in [4.78, 5) is 18.5. The van der Waals surface area contributed by atoms with E-state index in [2.05, 4.69) is 27.9 Å². The van der Waals surface area contributed by atoms with Crippen molar-refractivity contribution < 1.29 is 9.53 Å². The van der Waals surface area contributed by atoms with Gasteiger partial charge in [0.25, 0.3) is 0 Å². The summed E-state index contributed by atoms with van der Waals surface area (Å²) in [5.41, 5.74) is 4.85. The second kappa shape index (κ2) is 9.71. The maximum absolute atomic E-state index is 11.9. The smallest absolute Gasteiger partial charge is 0.307 e. The zero-order chi connectivity index (χ0) is 23.7. The summed E-state index contributed by atoms with van der Waals surface area (Å²) in [5.74, 6) is -0.281. The van der Waals surface area contributed by atoms with Crippen molar-refractivity contribution >= 4 is 46.5 Å². The fourth-order valence-corrected chi connectivity index (χ4v) is 5.24. The van der Waals surface area contributed by atoms with Gasteiger partial charge in [-0.1, -0.05) is 29.3 Å². The molecule has 0 saturated carbocycles. The lowest BCUT2D eigenvalue weighted by atomic mass is 9.96. The summed E-state index contributed by atoms with van der Waals surface area (Å²) in [6.07, 6.45) is 2.00. The molecule has 6 nitrogen and oxygen atoms in total. The third kappa shape index (κ3) is 4.58. The van der Waals surface area contributed by atoms with Gasteiger partial charge in [0.05, 0.1) is 42.0 Å². The maximum atomic E-state index is 11.9. The van der Waals surface area contributed by atoms with E-state index >= 15 is 0 Å². The molecule has 0 amide bonds. The minimum atomic E-state index is -0.281. The molecule has 2 aromatic heterocycles. The van der Waals surface area contributed by atoms with Crippen LogP contribution in [-0.2, 0) is 9.53 Å². The van der Waals surface area contributed by atoms with Crippen LogP contribution in [0.5, 0.6) is 0 Å². The summed E-state index contributed by atoms with van der Waals surface area (Å²) in [7, 11) is 1.39. The van der Waals surface area contributed by atoms with Crippen LogP contribution in [0, 0.1) is 13.8 Å². The predicted octanol–water partition coefficient (Wildman–Crippen LogP) is 5.33. The molecule has 172 valence electrons. The van der Waals surface area contributed by atoms with Crippen LogP contribution in [0.25, 0.3) is 5.69 Å². The Bertz CT molecular complexity index is 1200. The van der Waals surface area contributed by atoms with Crippen LogP contribution in [-0.4, -0.2) is 39.2 Å². The number of nitrogens with zero attached hydrogens (tertiary/aromatic N) is 3. The first kappa shape index (κ1) is 23.5. The minimum absolute atomic E-state index is 0.164. The van der Waals surface area contributed by atoms with Gasteiger partial charge in [0.2, 0.25) is 0 Å². The first-order chi connectivity index (χ1) is 15.8. The molecule has 3 heterocycles. The lowest BCUT2D eigenvalue weighted by Crippen LogP contribution is -2.32. The fourth-order valence-electron chi connectivity index (χ4n) is 4.42. The average Bonchev–Trinajstić information content (AvgIpc) is 3.28. The van der Waals surface area contributed by atoms with Crippen LogP contribution < -0.4 is 5.32 Å². The van der Waals surface area contributed by atoms with E-state index in [0.717, 1.165) is 28.3 Å². The number of carbonyl (C=O) groups excluding carboxylic acids is 1. The van der Waals surface area contributed by atoms with Gasteiger partial charge in [0, 0.05) is 29.2 Å². The number of esters is 1. The van der Waals surface area contributed by atoms with Gasteiger partial charge in [-0.25, -0.2) is 0 Å². The number of halogens is 2. The van der Waals surface area contributed by atoms with Crippen LogP contribution in [0.4, 0.5) is 0 Å². The molecule has 1 aromatic carbocycles. The molecule has 9 heteroatoms. The Balaban J connectivity index is 1.81. The average molecular weight is 503 g/mol. The molecule has 1 fully saturated rings. The lowest BCUT2D eigenvalue weighted by molar-refractivity contribution is -0.140. The number of pyridine rings is 1. The third-order valence-corrected chi connectivity index (χ3v) is 6.81. The number of hydrogen-bond donors (Lipinski definition) is 1. The largest absolute Gasteiger partial charge is 0.469 e. The summed E-state index contributed by atoms with van der Waals surface area (Å²) in [5, 5.41) is 5.15. The monoisotopic (exact) mass is 502 g/mol. The van der Waals surface area contributed by atoms with Crippen LogP contribution >= 0.6 is 35.4 Å². The minimum Gasteiger partial charge on any atom is -0.469 e. The number of carbonyl (C=O) groups is 1. The Morgan fingerprint density at radius 1 is 1.21 bits per heavy atom. The van der Waals surface area contributed by atoms with Gasteiger partial charge in [-0.2, -0.15) is 0 Å². The number of methoxy groups -OCH3 is 1. The van der Waals surface area contributed by atoms with Crippen molar-refractivity contribution in [3.05, 3.63) is 81.4 Å². The molecule has 0 unspecified atom stereocenters. The predicted molar refractivity (Wildman–Crippen MR) is 134 cm³/mol. The summed E-state index contributed by atoms with van der Waals surface area (Å²) in [6.45, 7) is 4.52. The number of nitrogens with one attached hydrogen (secondary N) is 1. The van der Waals surface area contributed by atoms with Crippen molar-refractivity contribution in [2.45, 2.75) is 32.4 Å². The third-order valence-electron chi connectivity index (χ3n) is 5.92. The van der Waals surface area contributed by atoms with E-state index in [-0.39, 0.29) is 24.5 Å². The summed E-state index contributed by atoms with van der Waals surface area (Å²) in [6, 6.07) is 13.1. The molecule has 0 bridgehead atoms. The SMILES string of the molecule is COC(=O)CCN1C(=S)N[C@H](c2ccccn2)[C@H]1c1cc(C)n(-c2ccc(Cl)cc2Cl)c1C. The Labute approximate surface area is 208 Å². The molecule has 4 rings (SSSR count). The number of rotatable bonds is 6. The van der Waals surface area contributed by atoms with E-state index in [1.165, 1.54) is 7.11 Å². The van der Waals surface area contributed by atoms with Crippen molar-refractivity contribution in [2.75, 3.05) is 13.7 Å². The van der Waals surface area contributed by atoms with Gasteiger partial charge >= 0.3 is 5.97 Å². The van der Waals surface area contributed by atoms with Gasteiger partial charge in [0.1, 0.15) is 0 Å².